The first-order valence-corrected chi connectivity index (χ1v) is 41.5. The smallest absolute Gasteiger partial charge is 0.305 e. The van der Waals surface area contributed by atoms with E-state index in [1.54, 1.807) is 6.08 Å². The van der Waals surface area contributed by atoms with Crippen molar-refractivity contribution in [3.05, 3.63) is 12.2 Å². The number of rotatable bonds is 79. The van der Waals surface area contributed by atoms with Crippen LogP contribution >= 0.6 is 0 Å². The molecule has 89 heavy (non-hydrogen) atoms. The van der Waals surface area contributed by atoms with E-state index in [2.05, 4.69) is 19.2 Å². The van der Waals surface area contributed by atoms with Gasteiger partial charge in [0.1, 0.15) is 0 Å². The molecule has 530 valence electrons. The summed E-state index contributed by atoms with van der Waals surface area (Å²) >= 11 is 0. The Hall–Kier alpha value is -1.40. The maximum Gasteiger partial charge on any atom is 0.305 e. The van der Waals surface area contributed by atoms with E-state index in [1.807, 2.05) is 6.08 Å². The molecule has 1 amide bonds. The maximum atomic E-state index is 12.5. The van der Waals surface area contributed by atoms with Gasteiger partial charge in [-0.05, 0) is 32.1 Å². The number of allylic oxidation sites excluding steroid dienone is 1. The SMILES string of the molecule is CCCCCCCCCCCCCCCCCCCCC/C=C/C(O)C(CO)NC(=O)CCCCCCCCCCCCCCCCCCCCCCCCCCCCCCCCCCOC(=O)CCCCCCCCCCCCCCCCCCCCC. The maximum absolute atomic E-state index is 12.5. The molecule has 2 atom stereocenters. The Morgan fingerprint density at radius 3 is 0.764 bits per heavy atom. The van der Waals surface area contributed by atoms with E-state index in [9.17, 15) is 19.8 Å². The zero-order chi connectivity index (χ0) is 64.2. The number of unbranched alkanes of at least 4 members (excludes halogenated alkanes) is 68. The molecule has 0 aliphatic heterocycles. The third-order valence-electron chi connectivity index (χ3n) is 19.8. The Bertz CT molecular complexity index is 1350. The summed E-state index contributed by atoms with van der Waals surface area (Å²) in [7, 11) is 0. The molecule has 6 nitrogen and oxygen atoms in total. The van der Waals surface area contributed by atoms with Crippen LogP contribution in [0.25, 0.3) is 0 Å². The van der Waals surface area contributed by atoms with E-state index >= 15 is 0 Å². The first-order valence-electron chi connectivity index (χ1n) is 41.5. The van der Waals surface area contributed by atoms with E-state index in [-0.39, 0.29) is 18.5 Å². The number of hydrogen-bond acceptors (Lipinski definition) is 5. The summed E-state index contributed by atoms with van der Waals surface area (Å²) in [5.41, 5.74) is 0. The Morgan fingerprint density at radius 2 is 0.517 bits per heavy atom. The van der Waals surface area contributed by atoms with Crippen LogP contribution in [-0.2, 0) is 14.3 Å². The second-order valence-electron chi connectivity index (χ2n) is 28.8. The molecule has 3 N–H and O–H groups in total. The number of nitrogens with one attached hydrogen (secondary N) is 1. The van der Waals surface area contributed by atoms with Crippen LogP contribution in [0.15, 0.2) is 12.2 Å². The van der Waals surface area contributed by atoms with Gasteiger partial charge in [0.15, 0.2) is 0 Å². The Labute approximate surface area is 559 Å². The van der Waals surface area contributed by atoms with Crippen LogP contribution in [0.4, 0.5) is 0 Å². The van der Waals surface area contributed by atoms with Crippen molar-refractivity contribution in [3.8, 4) is 0 Å². The summed E-state index contributed by atoms with van der Waals surface area (Å²) in [5.74, 6) is -0.0308. The molecular formula is C83H163NO5. The second kappa shape index (κ2) is 79.0. The van der Waals surface area contributed by atoms with E-state index in [4.69, 9.17) is 4.74 Å². The predicted octanol–water partition coefficient (Wildman–Crippen LogP) is 27.4. The molecule has 6 heteroatoms. The molecule has 0 aliphatic rings. The topological polar surface area (TPSA) is 95.9 Å². The zero-order valence-corrected chi connectivity index (χ0v) is 61.0. The largest absolute Gasteiger partial charge is 0.466 e. The average molecular weight is 1260 g/mol. The summed E-state index contributed by atoms with van der Waals surface area (Å²) in [6.07, 6.45) is 101. The fraction of sp³-hybridized carbons (Fsp3) is 0.952. The fourth-order valence-electron chi connectivity index (χ4n) is 13.5. The highest BCUT2D eigenvalue weighted by Gasteiger charge is 2.18. The summed E-state index contributed by atoms with van der Waals surface area (Å²) in [6.45, 7) is 4.97. The molecule has 0 fully saturated rings. The second-order valence-corrected chi connectivity index (χ2v) is 28.8. The zero-order valence-electron chi connectivity index (χ0n) is 61.0. The van der Waals surface area contributed by atoms with Crippen LogP contribution in [0.3, 0.4) is 0 Å². The Morgan fingerprint density at radius 1 is 0.303 bits per heavy atom. The van der Waals surface area contributed by atoms with Crippen molar-refractivity contribution >= 4 is 11.9 Å². The van der Waals surface area contributed by atoms with Crippen LogP contribution in [0, 0.1) is 0 Å². The number of hydrogen-bond donors (Lipinski definition) is 3. The van der Waals surface area contributed by atoms with Gasteiger partial charge in [0.05, 0.1) is 25.4 Å². The van der Waals surface area contributed by atoms with Gasteiger partial charge < -0.3 is 20.3 Å². The molecule has 0 heterocycles. The number of aliphatic hydroxyl groups excluding tert-OH is 2. The van der Waals surface area contributed by atoms with Crippen molar-refractivity contribution < 1.29 is 24.5 Å². The quantitative estimate of drug-likeness (QED) is 0.0320. The van der Waals surface area contributed by atoms with Gasteiger partial charge in [-0.1, -0.05) is 450 Å². The monoisotopic (exact) mass is 1250 g/mol. The van der Waals surface area contributed by atoms with Gasteiger partial charge in [0, 0.05) is 12.8 Å². The van der Waals surface area contributed by atoms with Crippen molar-refractivity contribution in [3.63, 3.8) is 0 Å². The summed E-state index contributed by atoms with van der Waals surface area (Å²) in [5, 5.41) is 23.3. The molecule has 2 unspecified atom stereocenters. The van der Waals surface area contributed by atoms with E-state index < -0.39 is 12.1 Å². The minimum absolute atomic E-state index is 0.0272. The van der Waals surface area contributed by atoms with Gasteiger partial charge >= 0.3 is 5.97 Å². The normalized spacial score (nSPS) is 12.4. The Kier molecular flexibility index (Phi) is 77.8. The molecule has 0 aromatic heterocycles. The van der Waals surface area contributed by atoms with Crippen LogP contribution in [-0.4, -0.2) is 47.4 Å². The number of aliphatic hydroxyl groups is 2. The third kappa shape index (κ3) is 75.5. The minimum Gasteiger partial charge on any atom is -0.466 e. The van der Waals surface area contributed by atoms with Crippen molar-refractivity contribution in [1.82, 2.24) is 5.32 Å². The molecule has 0 spiro atoms. The van der Waals surface area contributed by atoms with E-state index in [0.717, 1.165) is 38.5 Å². The van der Waals surface area contributed by atoms with Crippen molar-refractivity contribution in [1.29, 1.82) is 0 Å². The lowest BCUT2D eigenvalue weighted by Crippen LogP contribution is -2.45. The van der Waals surface area contributed by atoms with E-state index in [1.165, 1.54) is 417 Å². The van der Waals surface area contributed by atoms with E-state index in [0.29, 0.717) is 19.4 Å². The van der Waals surface area contributed by atoms with Crippen LogP contribution in [0.1, 0.15) is 483 Å². The Balaban J connectivity index is 3.32. The molecule has 0 aromatic carbocycles. The molecule has 0 radical (unpaired) electrons. The van der Waals surface area contributed by atoms with Gasteiger partial charge in [-0.3, -0.25) is 9.59 Å². The summed E-state index contributed by atoms with van der Waals surface area (Å²) in [6, 6.07) is -0.625. The lowest BCUT2D eigenvalue weighted by atomic mass is 10.0. The van der Waals surface area contributed by atoms with Crippen molar-refractivity contribution in [2.75, 3.05) is 13.2 Å². The van der Waals surface area contributed by atoms with Crippen LogP contribution in [0.5, 0.6) is 0 Å². The van der Waals surface area contributed by atoms with Crippen LogP contribution in [0.2, 0.25) is 0 Å². The molecule has 0 saturated heterocycles. The molecule has 0 saturated carbocycles. The van der Waals surface area contributed by atoms with Gasteiger partial charge in [0.2, 0.25) is 5.91 Å². The van der Waals surface area contributed by atoms with Crippen molar-refractivity contribution in [2.24, 2.45) is 0 Å². The first-order chi connectivity index (χ1) is 44.0. The number of ether oxygens (including phenoxy) is 1. The molecule has 0 aromatic rings. The molecular weight excluding hydrogens is 1090 g/mol. The van der Waals surface area contributed by atoms with Gasteiger partial charge in [-0.15, -0.1) is 0 Å². The fourth-order valence-corrected chi connectivity index (χ4v) is 13.5. The highest BCUT2D eigenvalue weighted by molar-refractivity contribution is 5.76. The highest BCUT2D eigenvalue weighted by Crippen LogP contribution is 2.21. The highest BCUT2D eigenvalue weighted by atomic mass is 16.5. The summed E-state index contributed by atoms with van der Waals surface area (Å²) in [4.78, 5) is 24.7. The van der Waals surface area contributed by atoms with Crippen molar-refractivity contribution in [2.45, 2.75) is 495 Å². The standard InChI is InChI=1S/C83H163NO5/c1-3-5-7-9-11-13-15-17-19-21-23-36-40-43-47-51-55-59-63-67-71-75-81(86)80(79-85)84-82(87)76-72-68-64-60-56-52-48-44-41-37-34-32-30-28-26-24-25-27-29-31-33-35-38-42-46-50-54-58-62-66-70-74-78-89-83(88)77-73-69-65-61-57-53-49-45-39-22-20-18-16-14-12-10-8-6-4-2/h71,75,80-81,85-86H,3-70,72-74,76-79H2,1-2H3,(H,84,87)/b75-71+. The van der Waals surface area contributed by atoms with Gasteiger partial charge in [0.25, 0.3) is 0 Å². The number of amides is 1. The van der Waals surface area contributed by atoms with Crippen LogP contribution < -0.4 is 5.32 Å². The van der Waals surface area contributed by atoms with Gasteiger partial charge in [-0.25, -0.2) is 0 Å². The molecule has 0 rings (SSSR count). The number of esters is 1. The summed E-state index contributed by atoms with van der Waals surface area (Å²) < 4.78 is 5.53. The predicted molar refractivity (Wildman–Crippen MR) is 394 cm³/mol. The minimum atomic E-state index is -0.842. The number of carbonyl (C=O) groups is 2. The molecule has 0 aliphatic carbocycles. The number of carbonyl (C=O) groups excluding carboxylic acids is 2. The lowest BCUT2D eigenvalue weighted by molar-refractivity contribution is -0.143. The average Bonchev–Trinajstić information content (AvgIpc) is 3.57. The third-order valence-corrected chi connectivity index (χ3v) is 19.8. The first kappa shape index (κ1) is 87.6. The van der Waals surface area contributed by atoms with Gasteiger partial charge in [-0.2, -0.15) is 0 Å². The lowest BCUT2D eigenvalue weighted by Gasteiger charge is -2.20. The molecule has 0 bridgehead atoms.